The summed E-state index contributed by atoms with van der Waals surface area (Å²) in [5, 5.41) is 9.16. The fourth-order valence-electron chi connectivity index (χ4n) is 2.85. The van der Waals surface area contributed by atoms with E-state index >= 15 is 0 Å². The van der Waals surface area contributed by atoms with Crippen LogP contribution in [0.15, 0.2) is 29.6 Å². The van der Waals surface area contributed by atoms with E-state index < -0.39 is 0 Å². The smallest absolute Gasteiger partial charge is 0.315 e. The molecule has 1 aliphatic carbocycles. The van der Waals surface area contributed by atoms with Gasteiger partial charge in [-0.15, -0.1) is 11.3 Å². The Bertz CT molecular complexity index is 667. The molecule has 0 aliphatic heterocycles. The highest BCUT2D eigenvalue weighted by Crippen LogP contribution is 2.30. The van der Waals surface area contributed by atoms with Crippen LogP contribution in [0, 0.1) is 6.92 Å². The molecule has 0 fully saturated rings. The highest BCUT2D eigenvalue weighted by molar-refractivity contribution is 7.09. The minimum absolute atomic E-state index is 0.0955. The molecule has 0 saturated carbocycles. The van der Waals surface area contributed by atoms with Gasteiger partial charge in [0.05, 0.1) is 11.0 Å². The number of hydrogen-bond donors (Lipinski definition) is 2. The topological polar surface area (TPSA) is 54.0 Å². The lowest BCUT2D eigenvalue weighted by molar-refractivity contribution is 0.236. The molecule has 0 saturated heterocycles. The normalized spacial score (nSPS) is 17.8. The molecule has 116 valence electrons. The van der Waals surface area contributed by atoms with E-state index in [2.05, 4.69) is 40.7 Å². The Morgan fingerprint density at radius 1 is 1.45 bits per heavy atom. The highest BCUT2D eigenvalue weighted by atomic mass is 32.1. The Morgan fingerprint density at radius 2 is 2.27 bits per heavy atom. The van der Waals surface area contributed by atoms with Crippen LogP contribution in [-0.4, -0.2) is 17.6 Å². The van der Waals surface area contributed by atoms with E-state index in [4.69, 9.17) is 0 Å². The average Bonchev–Trinajstić information content (AvgIpc) is 3.12. The van der Waals surface area contributed by atoms with Crippen molar-refractivity contribution < 1.29 is 4.79 Å². The van der Waals surface area contributed by atoms with Crippen molar-refractivity contribution >= 4 is 17.4 Å². The molecule has 0 unspecified atom stereocenters. The van der Waals surface area contributed by atoms with Crippen LogP contribution in [0.2, 0.25) is 0 Å². The lowest BCUT2D eigenvalue weighted by Crippen LogP contribution is -2.39. The molecule has 2 amide bonds. The van der Waals surface area contributed by atoms with Crippen molar-refractivity contribution in [2.75, 3.05) is 6.54 Å². The molecule has 0 spiro atoms. The molecule has 1 aliphatic rings. The highest BCUT2D eigenvalue weighted by Gasteiger charge is 2.23. The van der Waals surface area contributed by atoms with Gasteiger partial charge in [0, 0.05) is 23.5 Å². The standard InChI is InChI=1S/C17H21N3OS/c1-11(16-19-12(2)10-22-16)9-18-17(21)20-15-8-7-13-5-3-4-6-14(13)15/h3-6,10-11,15H,7-9H2,1-2H3,(H2,18,20,21)/t11-,15+/m0/s1. The summed E-state index contributed by atoms with van der Waals surface area (Å²) in [7, 11) is 0. The summed E-state index contributed by atoms with van der Waals surface area (Å²) in [5.74, 6) is 0.236. The van der Waals surface area contributed by atoms with E-state index in [1.807, 2.05) is 18.4 Å². The predicted molar refractivity (Wildman–Crippen MR) is 89.3 cm³/mol. The van der Waals surface area contributed by atoms with Crippen molar-refractivity contribution in [3.8, 4) is 0 Å². The molecule has 1 aromatic heterocycles. The molecule has 5 heteroatoms. The minimum Gasteiger partial charge on any atom is -0.337 e. The maximum Gasteiger partial charge on any atom is 0.315 e. The molecule has 4 nitrogen and oxygen atoms in total. The van der Waals surface area contributed by atoms with Gasteiger partial charge in [-0.2, -0.15) is 0 Å². The minimum atomic E-state index is -0.0955. The number of nitrogens with one attached hydrogen (secondary N) is 2. The van der Waals surface area contributed by atoms with E-state index in [-0.39, 0.29) is 18.0 Å². The van der Waals surface area contributed by atoms with Gasteiger partial charge < -0.3 is 10.6 Å². The molecule has 2 N–H and O–H groups in total. The third kappa shape index (κ3) is 3.30. The molecule has 0 bridgehead atoms. The van der Waals surface area contributed by atoms with Gasteiger partial charge in [-0.3, -0.25) is 0 Å². The second-order valence-electron chi connectivity index (χ2n) is 5.87. The van der Waals surface area contributed by atoms with Crippen molar-refractivity contribution in [1.82, 2.24) is 15.6 Å². The molecular weight excluding hydrogens is 294 g/mol. The zero-order valence-electron chi connectivity index (χ0n) is 12.9. The molecule has 2 aromatic rings. The molecular formula is C17H21N3OS. The van der Waals surface area contributed by atoms with Gasteiger partial charge in [-0.25, -0.2) is 9.78 Å². The van der Waals surface area contributed by atoms with Crippen molar-refractivity contribution in [2.24, 2.45) is 0 Å². The Morgan fingerprint density at radius 3 is 3.05 bits per heavy atom. The van der Waals surface area contributed by atoms with Crippen molar-refractivity contribution in [3.05, 3.63) is 51.5 Å². The fourth-order valence-corrected chi connectivity index (χ4v) is 3.70. The quantitative estimate of drug-likeness (QED) is 0.906. The number of hydrogen-bond acceptors (Lipinski definition) is 3. The second kappa shape index (κ2) is 6.48. The van der Waals surface area contributed by atoms with Gasteiger partial charge in [-0.1, -0.05) is 31.2 Å². The number of urea groups is 1. The SMILES string of the molecule is Cc1csc([C@@H](C)CNC(=O)N[C@@H]2CCc3ccccc32)n1. The molecule has 3 rings (SSSR count). The van der Waals surface area contributed by atoms with Crippen LogP contribution in [0.25, 0.3) is 0 Å². The number of nitrogens with zero attached hydrogens (tertiary/aromatic N) is 1. The predicted octanol–water partition coefficient (Wildman–Crippen LogP) is 3.54. The Hall–Kier alpha value is -1.88. The summed E-state index contributed by atoms with van der Waals surface area (Å²) in [6.07, 6.45) is 2.02. The Labute approximate surface area is 135 Å². The molecule has 0 radical (unpaired) electrons. The summed E-state index contributed by atoms with van der Waals surface area (Å²) in [6, 6.07) is 8.37. The van der Waals surface area contributed by atoms with E-state index in [0.717, 1.165) is 23.5 Å². The Balaban J connectivity index is 1.51. The third-order valence-electron chi connectivity index (χ3n) is 4.07. The molecule has 1 heterocycles. The fraction of sp³-hybridized carbons (Fsp3) is 0.412. The van der Waals surface area contributed by atoms with Gasteiger partial charge in [0.1, 0.15) is 0 Å². The van der Waals surface area contributed by atoms with Crippen LogP contribution < -0.4 is 10.6 Å². The number of aryl methyl sites for hydroxylation is 2. The van der Waals surface area contributed by atoms with Crippen LogP contribution in [-0.2, 0) is 6.42 Å². The first-order valence-electron chi connectivity index (χ1n) is 7.67. The van der Waals surface area contributed by atoms with Crippen LogP contribution in [0.4, 0.5) is 4.79 Å². The maximum absolute atomic E-state index is 12.1. The number of carbonyl (C=O) groups excluding carboxylic acids is 1. The Kier molecular flexibility index (Phi) is 4.43. The van der Waals surface area contributed by atoms with Crippen LogP contribution in [0.1, 0.15) is 47.1 Å². The number of carbonyl (C=O) groups is 1. The summed E-state index contributed by atoms with van der Waals surface area (Å²) >= 11 is 1.65. The number of fused-ring (bicyclic) bond motifs is 1. The zero-order valence-corrected chi connectivity index (χ0v) is 13.7. The monoisotopic (exact) mass is 315 g/mol. The van der Waals surface area contributed by atoms with Gasteiger partial charge in [-0.05, 0) is 30.9 Å². The third-order valence-corrected chi connectivity index (χ3v) is 5.26. The summed E-state index contributed by atoms with van der Waals surface area (Å²) in [6.45, 7) is 4.68. The number of aromatic nitrogens is 1. The maximum atomic E-state index is 12.1. The summed E-state index contributed by atoms with van der Waals surface area (Å²) < 4.78 is 0. The van der Waals surface area contributed by atoms with Crippen LogP contribution in [0.3, 0.4) is 0 Å². The number of benzene rings is 1. The second-order valence-corrected chi connectivity index (χ2v) is 6.76. The van der Waals surface area contributed by atoms with E-state index in [1.165, 1.54) is 11.1 Å². The molecule has 1 aromatic carbocycles. The van der Waals surface area contributed by atoms with E-state index in [0.29, 0.717) is 6.54 Å². The van der Waals surface area contributed by atoms with Crippen molar-refractivity contribution in [1.29, 1.82) is 0 Å². The zero-order chi connectivity index (χ0) is 15.5. The summed E-state index contributed by atoms with van der Waals surface area (Å²) in [5.41, 5.74) is 3.64. The van der Waals surface area contributed by atoms with Crippen LogP contribution >= 0.6 is 11.3 Å². The van der Waals surface area contributed by atoms with Gasteiger partial charge in [0.25, 0.3) is 0 Å². The number of amides is 2. The first-order chi connectivity index (χ1) is 10.6. The molecule has 22 heavy (non-hydrogen) atoms. The lowest BCUT2D eigenvalue weighted by Gasteiger charge is -2.16. The lowest BCUT2D eigenvalue weighted by atomic mass is 10.1. The average molecular weight is 315 g/mol. The molecule has 2 atom stereocenters. The van der Waals surface area contributed by atoms with E-state index in [1.54, 1.807) is 11.3 Å². The van der Waals surface area contributed by atoms with Crippen molar-refractivity contribution in [2.45, 2.75) is 38.6 Å². The number of thiazole rings is 1. The van der Waals surface area contributed by atoms with Crippen molar-refractivity contribution in [3.63, 3.8) is 0 Å². The van der Waals surface area contributed by atoms with E-state index in [9.17, 15) is 4.79 Å². The number of rotatable bonds is 4. The summed E-state index contributed by atoms with van der Waals surface area (Å²) in [4.78, 5) is 16.6. The van der Waals surface area contributed by atoms with Gasteiger partial charge in [0.2, 0.25) is 0 Å². The van der Waals surface area contributed by atoms with Gasteiger partial charge >= 0.3 is 6.03 Å². The largest absolute Gasteiger partial charge is 0.337 e. The van der Waals surface area contributed by atoms with Crippen LogP contribution in [0.5, 0.6) is 0 Å². The first-order valence-corrected chi connectivity index (χ1v) is 8.55. The first kappa shape index (κ1) is 15.0. The van der Waals surface area contributed by atoms with Gasteiger partial charge in [0.15, 0.2) is 0 Å².